The summed E-state index contributed by atoms with van der Waals surface area (Å²) >= 11 is 0. The average Bonchev–Trinajstić information content (AvgIpc) is 1.88. The highest BCUT2D eigenvalue weighted by Crippen LogP contribution is 1.96. The second-order valence-corrected chi connectivity index (χ2v) is 2.39. The van der Waals surface area contributed by atoms with E-state index in [4.69, 9.17) is 0 Å². The molecule has 0 radical (unpaired) electrons. The van der Waals surface area contributed by atoms with E-state index in [9.17, 15) is 4.39 Å². The normalized spacial score (nSPS) is 8.36. The van der Waals surface area contributed by atoms with Crippen LogP contribution in [0.4, 0.5) is 4.39 Å². The lowest BCUT2D eigenvalue weighted by molar-refractivity contribution is 0.620. The fraction of sp³-hybridized carbons (Fsp3) is 0.444. The molecule has 1 rings (SSSR count). The van der Waals surface area contributed by atoms with E-state index in [2.05, 4.69) is 18.8 Å². The molecule has 0 unspecified atom stereocenters. The molecule has 0 aliphatic heterocycles. The Bertz CT molecular complexity index is 181. The largest absolute Gasteiger partial charge is 0.261 e. The van der Waals surface area contributed by atoms with Crippen LogP contribution < -0.4 is 0 Å². The third-order valence-electron chi connectivity index (χ3n) is 0.842. The van der Waals surface area contributed by atoms with Crippen molar-refractivity contribution in [1.29, 1.82) is 0 Å². The van der Waals surface area contributed by atoms with Crippen LogP contribution >= 0.6 is 0 Å². The van der Waals surface area contributed by atoms with Gasteiger partial charge in [0.25, 0.3) is 0 Å². The Morgan fingerprint density at radius 1 is 1.36 bits per heavy atom. The summed E-state index contributed by atoms with van der Waals surface area (Å²) in [5.41, 5.74) is 0.852. The predicted molar refractivity (Wildman–Crippen MR) is 44.9 cm³/mol. The Kier molecular flexibility index (Phi) is 5.35. The maximum atomic E-state index is 12.1. The highest BCUT2D eigenvalue weighted by Gasteiger charge is 1.85. The summed E-state index contributed by atoms with van der Waals surface area (Å²) in [6.07, 6.45) is 4.05. The summed E-state index contributed by atoms with van der Waals surface area (Å²) in [4.78, 5) is 3.61. The van der Waals surface area contributed by atoms with Gasteiger partial charge in [0.05, 0.1) is 6.20 Å². The van der Waals surface area contributed by atoms with E-state index in [-0.39, 0.29) is 5.82 Å². The summed E-state index contributed by atoms with van der Waals surface area (Å²) < 4.78 is 12.1. The van der Waals surface area contributed by atoms with Gasteiger partial charge >= 0.3 is 0 Å². The molecule has 0 saturated carbocycles. The molecule has 0 aromatic carbocycles. The fourth-order valence-corrected chi connectivity index (χ4v) is 0.518. The SMILES string of the molecule is CCC.Cc1cncc(F)c1. The van der Waals surface area contributed by atoms with E-state index in [0.29, 0.717) is 0 Å². The van der Waals surface area contributed by atoms with Crippen molar-refractivity contribution in [3.63, 3.8) is 0 Å². The Morgan fingerprint density at radius 2 is 1.91 bits per heavy atom. The monoisotopic (exact) mass is 155 g/mol. The van der Waals surface area contributed by atoms with Gasteiger partial charge in [-0.1, -0.05) is 20.3 Å². The second kappa shape index (κ2) is 5.83. The van der Waals surface area contributed by atoms with Gasteiger partial charge in [-0.25, -0.2) is 4.39 Å². The van der Waals surface area contributed by atoms with Crippen molar-refractivity contribution in [3.05, 3.63) is 29.8 Å². The van der Waals surface area contributed by atoms with E-state index in [1.54, 1.807) is 13.1 Å². The Morgan fingerprint density at radius 3 is 2.18 bits per heavy atom. The summed E-state index contributed by atoms with van der Waals surface area (Å²) in [6, 6.07) is 1.44. The van der Waals surface area contributed by atoms with Gasteiger partial charge in [0.15, 0.2) is 0 Å². The fourth-order valence-electron chi connectivity index (χ4n) is 0.518. The molecular weight excluding hydrogens is 141 g/mol. The molecule has 1 aromatic rings. The van der Waals surface area contributed by atoms with E-state index in [1.165, 1.54) is 18.7 Å². The van der Waals surface area contributed by atoms with Gasteiger partial charge in [-0.05, 0) is 18.6 Å². The Hall–Kier alpha value is -0.920. The van der Waals surface area contributed by atoms with Gasteiger partial charge in [0, 0.05) is 6.20 Å². The lowest BCUT2D eigenvalue weighted by Gasteiger charge is -1.86. The van der Waals surface area contributed by atoms with E-state index < -0.39 is 0 Å². The van der Waals surface area contributed by atoms with Gasteiger partial charge in [0.2, 0.25) is 0 Å². The first-order chi connectivity index (χ1) is 5.20. The smallest absolute Gasteiger partial charge is 0.141 e. The summed E-state index contributed by atoms with van der Waals surface area (Å²) in [7, 11) is 0. The summed E-state index contributed by atoms with van der Waals surface area (Å²) in [5, 5.41) is 0. The van der Waals surface area contributed by atoms with Crippen LogP contribution in [0.25, 0.3) is 0 Å². The number of nitrogens with zero attached hydrogens (tertiary/aromatic N) is 1. The predicted octanol–water partition coefficient (Wildman–Crippen LogP) is 2.95. The molecule has 1 aromatic heterocycles. The van der Waals surface area contributed by atoms with E-state index in [1.807, 2.05) is 0 Å². The summed E-state index contributed by atoms with van der Waals surface area (Å²) in [5.74, 6) is -0.273. The van der Waals surface area contributed by atoms with Crippen LogP contribution in [0.5, 0.6) is 0 Å². The number of pyridine rings is 1. The van der Waals surface area contributed by atoms with Crippen LogP contribution in [0.15, 0.2) is 18.5 Å². The zero-order valence-electron chi connectivity index (χ0n) is 7.26. The van der Waals surface area contributed by atoms with Crippen molar-refractivity contribution < 1.29 is 4.39 Å². The zero-order valence-corrected chi connectivity index (χ0v) is 7.26. The van der Waals surface area contributed by atoms with E-state index in [0.717, 1.165) is 5.56 Å². The molecule has 0 saturated heterocycles. The number of aryl methyl sites for hydroxylation is 1. The maximum Gasteiger partial charge on any atom is 0.141 e. The zero-order chi connectivity index (χ0) is 8.69. The maximum absolute atomic E-state index is 12.1. The molecule has 1 nitrogen and oxygen atoms in total. The molecular formula is C9H14FN. The molecule has 0 fully saturated rings. The van der Waals surface area contributed by atoms with Gasteiger partial charge < -0.3 is 0 Å². The van der Waals surface area contributed by atoms with Crippen molar-refractivity contribution in [2.24, 2.45) is 0 Å². The van der Waals surface area contributed by atoms with Crippen molar-refractivity contribution in [2.75, 3.05) is 0 Å². The molecule has 2 heteroatoms. The van der Waals surface area contributed by atoms with Crippen LogP contribution in [-0.4, -0.2) is 4.98 Å². The molecule has 62 valence electrons. The Labute approximate surface area is 67.3 Å². The second-order valence-electron chi connectivity index (χ2n) is 2.39. The number of aromatic nitrogens is 1. The molecule has 0 amide bonds. The van der Waals surface area contributed by atoms with Crippen molar-refractivity contribution in [2.45, 2.75) is 27.2 Å². The minimum Gasteiger partial charge on any atom is -0.261 e. The van der Waals surface area contributed by atoms with Crippen LogP contribution in [0.2, 0.25) is 0 Å². The quantitative estimate of drug-likeness (QED) is 0.561. The molecule has 1 heterocycles. The van der Waals surface area contributed by atoms with E-state index >= 15 is 0 Å². The van der Waals surface area contributed by atoms with Crippen LogP contribution in [0, 0.1) is 12.7 Å². The van der Waals surface area contributed by atoms with Gasteiger partial charge in [-0.2, -0.15) is 0 Å². The standard InChI is InChI=1S/C6H6FN.C3H8/c1-5-2-6(7)4-8-3-5;1-3-2/h2-4H,1H3;3H2,1-2H3. The third kappa shape index (κ3) is 5.52. The first kappa shape index (κ1) is 10.1. The van der Waals surface area contributed by atoms with Gasteiger partial charge in [-0.3, -0.25) is 4.98 Å². The molecule has 11 heavy (non-hydrogen) atoms. The van der Waals surface area contributed by atoms with Crippen LogP contribution in [0.1, 0.15) is 25.8 Å². The summed E-state index contributed by atoms with van der Waals surface area (Å²) in [6.45, 7) is 6.05. The first-order valence-corrected chi connectivity index (χ1v) is 3.77. The minimum atomic E-state index is -0.273. The van der Waals surface area contributed by atoms with Gasteiger partial charge in [-0.15, -0.1) is 0 Å². The number of hydrogen-bond acceptors (Lipinski definition) is 1. The van der Waals surface area contributed by atoms with Gasteiger partial charge in [0.1, 0.15) is 5.82 Å². The molecule has 0 aliphatic rings. The van der Waals surface area contributed by atoms with Crippen molar-refractivity contribution in [3.8, 4) is 0 Å². The van der Waals surface area contributed by atoms with Crippen LogP contribution in [0.3, 0.4) is 0 Å². The van der Waals surface area contributed by atoms with Crippen LogP contribution in [-0.2, 0) is 0 Å². The third-order valence-corrected chi connectivity index (χ3v) is 0.842. The number of hydrogen-bond donors (Lipinski definition) is 0. The molecule has 0 spiro atoms. The Balaban J connectivity index is 0.000000292. The highest BCUT2D eigenvalue weighted by atomic mass is 19.1. The lowest BCUT2D eigenvalue weighted by Crippen LogP contribution is -1.77. The lowest BCUT2D eigenvalue weighted by atomic mass is 10.3. The number of halogens is 1. The van der Waals surface area contributed by atoms with Crippen molar-refractivity contribution >= 4 is 0 Å². The molecule has 0 bridgehead atoms. The first-order valence-electron chi connectivity index (χ1n) is 3.77. The highest BCUT2D eigenvalue weighted by molar-refractivity contribution is 5.06. The minimum absolute atomic E-state index is 0.273. The molecule has 0 N–H and O–H groups in total. The number of rotatable bonds is 0. The van der Waals surface area contributed by atoms with Crippen molar-refractivity contribution in [1.82, 2.24) is 4.98 Å². The average molecular weight is 155 g/mol. The molecule has 0 atom stereocenters. The molecule has 0 aliphatic carbocycles. The topological polar surface area (TPSA) is 12.9 Å².